The summed E-state index contributed by atoms with van der Waals surface area (Å²) in [5.74, 6) is -2.53. The van der Waals surface area contributed by atoms with Crippen molar-refractivity contribution in [1.29, 1.82) is 0 Å². The van der Waals surface area contributed by atoms with Gasteiger partial charge in [0.25, 0.3) is 0 Å². The molecule has 0 spiro atoms. The maximum Gasteiger partial charge on any atom is 0.333 e. The van der Waals surface area contributed by atoms with Gasteiger partial charge in [0.2, 0.25) is 0 Å². The number of carboxylic acid groups (broad SMARTS) is 2. The zero-order chi connectivity index (χ0) is 17.1. The maximum absolute atomic E-state index is 11.4. The Morgan fingerprint density at radius 2 is 2.00 bits per heavy atom. The van der Waals surface area contributed by atoms with Crippen LogP contribution in [0.15, 0.2) is 42.1 Å². The molecule has 2 N–H and O–H groups in total. The Labute approximate surface area is 138 Å². The van der Waals surface area contributed by atoms with Crippen LogP contribution in [-0.2, 0) is 16.1 Å². The van der Waals surface area contributed by atoms with Crippen molar-refractivity contribution in [2.24, 2.45) is 0 Å². The molecule has 1 aromatic heterocycles. The lowest BCUT2D eigenvalue weighted by Gasteiger charge is -2.25. The van der Waals surface area contributed by atoms with Crippen molar-refractivity contribution in [2.75, 3.05) is 14.1 Å². The van der Waals surface area contributed by atoms with Gasteiger partial charge in [0.15, 0.2) is 0 Å². The molecular weight excluding hydrogens is 320 g/mol. The second-order valence-electron chi connectivity index (χ2n) is 5.39. The normalized spacial score (nSPS) is 13.5. The number of rotatable bonds is 6. The highest BCUT2D eigenvalue weighted by Gasteiger charge is 2.24. The minimum atomic E-state index is -1.28. The van der Waals surface area contributed by atoms with Gasteiger partial charge in [-0.3, -0.25) is 0 Å². The molecule has 0 fully saturated rings. The van der Waals surface area contributed by atoms with E-state index in [1.165, 1.54) is 0 Å². The Kier molecular flexibility index (Phi) is 5.08. The number of nitrogens with zero attached hydrogens (tertiary/aromatic N) is 2. The number of benzene rings is 1. The quantitative estimate of drug-likeness (QED) is 0.791. The number of carbonyl (C=O) groups is 2. The zero-order valence-electron chi connectivity index (χ0n) is 12.7. The first-order chi connectivity index (χ1) is 10.8. The van der Waals surface area contributed by atoms with Gasteiger partial charge < -0.3 is 19.7 Å². The highest BCUT2D eigenvalue weighted by molar-refractivity contribution is 6.31. The summed E-state index contributed by atoms with van der Waals surface area (Å²) < 4.78 is 1.87. The number of hydrogen-bond acceptors (Lipinski definition) is 3. The predicted molar refractivity (Wildman–Crippen MR) is 87.8 cm³/mol. The van der Waals surface area contributed by atoms with Crippen LogP contribution in [0.3, 0.4) is 0 Å². The molecule has 0 aliphatic carbocycles. The van der Waals surface area contributed by atoms with Crippen molar-refractivity contribution in [1.82, 2.24) is 9.47 Å². The van der Waals surface area contributed by atoms with E-state index in [4.69, 9.17) is 16.7 Å². The van der Waals surface area contributed by atoms with Crippen molar-refractivity contribution >= 4 is 34.4 Å². The van der Waals surface area contributed by atoms with E-state index in [0.29, 0.717) is 11.6 Å². The van der Waals surface area contributed by atoms with Crippen molar-refractivity contribution in [3.8, 4) is 0 Å². The van der Waals surface area contributed by atoms with E-state index in [1.54, 1.807) is 31.1 Å². The fourth-order valence-electron chi connectivity index (χ4n) is 2.48. The lowest BCUT2D eigenvalue weighted by Crippen LogP contribution is -2.37. The fraction of sp³-hybridized carbons (Fsp3) is 0.250. The van der Waals surface area contributed by atoms with E-state index in [0.717, 1.165) is 17.0 Å². The van der Waals surface area contributed by atoms with Crippen LogP contribution in [0.4, 0.5) is 0 Å². The number of likely N-dealkylation sites (N-methyl/N-ethyl adjacent to an activating group) is 1. The van der Waals surface area contributed by atoms with Crippen LogP contribution in [0.5, 0.6) is 0 Å². The number of aromatic nitrogens is 1. The van der Waals surface area contributed by atoms with Crippen LogP contribution in [0.25, 0.3) is 10.9 Å². The topological polar surface area (TPSA) is 82.8 Å². The Balaban J connectivity index is 2.44. The standard InChI is InChI=1S/C16H17ClN2O4/c1-18(2)14(12(16(22)23)8-15(20)21)9-19-6-5-10-3-4-11(17)7-13(10)19/h3-8,14H,9H2,1-2H3,(H,20,21)(H,22,23). The Bertz CT molecular complexity index is 779. The molecule has 7 heteroatoms. The predicted octanol–water partition coefficient (Wildman–Crippen LogP) is 2.32. The molecular formula is C16H17ClN2O4. The molecule has 0 saturated heterocycles. The van der Waals surface area contributed by atoms with E-state index in [1.807, 2.05) is 22.9 Å². The molecule has 1 atom stereocenters. The third-order valence-electron chi connectivity index (χ3n) is 3.61. The smallest absolute Gasteiger partial charge is 0.333 e. The number of halogens is 1. The minimum Gasteiger partial charge on any atom is -0.478 e. The molecule has 1 heterocycles. The SMILES string of the molecule is CN(C)C(Cn1ccc2ccc(Cl)cc21)C(=CC(=O)O)C(=O)O. The van der Waals surface area contributed by atoms with E-state index in [2.05, 4.69) is 0 Å². The minimum absolute atomic E-state index is 0.175. The lowest BCUT2D eigenvalue weighted by molar-refractivity contribution is -0.135. The fourth-order valence-corrected chi connectivity index (χ4v) is 2.64. The molecule has 0 aliphatic rings. The molecule has 23 heavy (non-hydrogen) atoms. The molecule has 0 radical (unpaired) electrons. The third-order valence-corrected chi connectivity index (χ3v) is 3.85. The summed E-state index contributed by atoms with van der Waals surface area (Å²) >= 11 is 6.02. The molecule has 1 aromatic carbocycles. The van der Waals surface area contributed by atoms with Crippen LogP contribution in [0, 0.1) is 0 Å². The summed E-state index contributed by atoms with van der Waals surface area (Å²) in [5, 5.41) is 19.8. The van der Waals surface area contributed by atoms with Crippen LogP contribution in [0.1, 0.15) is 0 Å². The monoisotopic (exact) mass is 336 g/mol. The van der Waals surface area contributed by atoms with Gasteiger partial charge in [-0.1, -0.05) is 17.7 Å². The van der Waals surface area contributed by atoms with Gasteiger partial charge in [-0.2, -0.15) is 0 Å². The molecule has 2 rings (SSSR count). The van der Waals surface area contributed by atoms with Crippen LogP contribution >= 0.6 is 11.6 Å². The van der Waals surface area contributed by atoms with E-state index in [-0.39, 0.29) is 5.57 Å². The lowest BCUT2D eigenvalue weighted by atomic mass is 10.1. The molecule has 0 aliphatic heterocycles. The van der Waals surface area contributed by atoms with E-state index >= 15 is 0 Å². The molecule has 0 amide bonds. The van der Waals surface area contributed by atoms with Gasteiger partial charge in [0.05, 0.1) is 11.6 Å². The van der Waals surface area contributed by atoms with Crippen LogP contribution < -0.4 is 0 Å². The van der Waals surface area contributed by atoms with Crippen LogP contribution in [-0.4, -0.2) is 51.8 Å². The third kappa shape index (κ3) is 3.91. The number of fused-ring (bicyclic) bond motifs is 1. The summed E-state index contributed by atoms with van der Waals surface area (Å²) in [7, 11) is 3.42. The van der Waals surface area contributed by atoms with Gasteiger partial charge >= 0.3 is 11.9 Å². The highest BCUT2D eigenvalue weighted by Crippen LogP contribution is 2.22. The van der Waals surface area contributed by atoms with Gasteiger partial charge in [-0.05, 0) is 37.7 Å². The molecule has 2 aromatic rings. The Morgan fingerprint density at radius 1 is 1.30 bits per heavy atom. The number of carboxylic acids is 2. The van der Waals surface area contributed by atoms with Crippen molar-refractivity contribution in [2.45, 2.75) is 12.6 Å². The first-order valence-electron chi connectivity index (χ1n) is 6.88. The average molecular weight is 337 g/mol. The Hall–Kier alpha value is -2.31. The van der Waals surface area contributed by atoms with E-state index in [9.17, 15) is 14.7 Å². The molecule has 0 bridgehead atoms. The van der Waals surface area contributed by atoms with Gasteiger partial charge in [0, 0.05) is 29.4 Å². The second-order valence-corrected chi connectivity index (χ2v) is 5.83. The summed E-state index contributed by atoms with van der Waals surface area (Å²) in [4.78, 5) is 24.0. The summed E-state index contributed by atoms with van der Waals surface area (Å²) in [5.41, 5.74) is 0.691. The molecule has 0 saturated carbocycles. The van der Waals surface area contributed by atoms with Crippen molar-refractivity contribution < 1.29 is 19.8 Å². The van der Waals surface area contributed by atoms with Gasteiger partial charge in [-0.15, -0.1) is 0 Å². The van der Waals surface area contributed by atoms with Gasteiger partial charge in [0.1, 0.15) is 0 Å². The largest absolute Gasteiger partial charge is 0.478 e. The van der Waals surface area contributed by atoms with Gasteiger partial charge in [-0.25, -0.2) is 9.59 Å². The van der Waals surface area contributed by atoms with Crippen molar-refractivity contribution in [3.63, 3.8) is 0 Å². The maximum atomic E-state index is 11.4. The summed E-state index contributed by atoms with van der Waals surface area (Å²) in [6.45, 7) is 0.294. The number of hydrogen-bond donors (Lipinski definition) is 2. The molecule has 1 unspecified atom stereocenters. The number of aliphatic carboxylic acids is 2. The van der Waals surface area contributed by atoms with E-state index < -0.39 is 18.0 Å². The first-order valence-corrected chi connectivity index (χ1v) is 7.26. The molecule has 6 nitrogen and oxygen atoms in total. The second kappa shape index (κ2) is 6.85. The summed E-state index contributed by atoms with van der Waals surface area (Å²) in [6, 6.07) is 6.76. The van der Waals surface area contributed by atoms with Crippen LogP contribution in [0.2, 0.25) is 5.02 Å². The molecule has 122 valence electrons. The first kappa shape index (κ1) is 17.1. The summed E-state index contributed by atoms with van der Waals surface area (Å²) in [6.07, 6.45) is 2.57. The Morgan fingerprint density at radius 3 is 2.57 bits per heavy atom. The highest BCUT2D eigenvalue weighted by atomic mass is 35.5. The van der Waals surface area contributed by atoms with Crippen molar-refractivity contribution in [3.05, 3.63) is 47.1 Å². The average Bonchev–Trinajstić information content (AvgIpc) is 2.84. The zero-order valence-corrected chi connectivity index (χ0v) is 13.5.